The van der Waals surface area contributed by atoms with Crippen molar-refractivity contribution in [3.8, 4) is 0 Å². The third-order valence-corrected chi connectivity index (χ3v) is 4.72. The maximum atomic E-state index is 13.1. The molecule has 1 aromatic carbocycles. The zero-order valence-electron chi connectivity index (χ0n) is 18.7. The van der Waals surface area contributed by atoms with Crippen LogP contribution < -0.4 is 10.9 Å². The average Bonchev–Trinajstić information content (AvgIpc) is 2.74. The lowest BCUT2D eigenvalue weighted by molar-refractivity contribution is -0.149. The van der Waals surface area contributed by atoms with E-state index in [4.69, 9.17) is 0 Å². The van der Waals surface area contributed by atoms with Crippen molar-refractivity contribution in [1.29, 1.82) is 0 Å². The normalized spacial score (nSPS) is 13.3. The molecule has 1 rings (SSSR count). The highest BCUT2D eigenvalue weighted by Gasteiger charge is 2.34. The van der Waals surface area contributed by atoms with Gasteiger partial charge in [0, 0.05) is 6.54 Å². The molecule has 8 heteroatoms. The number of rotatable bonds is 11. The van der Waals surface area contributed by atoms with Gasteiger partial charge in [0.2, 0.25) is 11.8 Å². The van der Waals surface area contributed by atoms with Crippen molar-refractivity contribution in [2.45, 2.75) is 40.5 Å². The van der Waals surface area contributed by atoms with Crippen LogP contribution in [0.4, 0.5) is 0 Å². The number of allylic oxidation sites excluding steroid dienone is 1. The van der Waals surface area contributed by atoms with E-state index in [1.807, 2.05) is 64.1 Å². The summed E-state index contributed by atoms with van der Waals surface area (Å²) in [5, 5.41) is 19.6. The van der Waals surface area contributed by atoms with Crippen molar-refractivity contribution in [2.75, 3.05) is 13.2 Å². The molecule has 4 N–H and O–H groups in total. The fourth-order valence-corrected chi connectivity index (χ4v) is 3.29. The van der Waals surface area contributed by atoms with E-state index >= 15 is 0 Å². The van der Waals surface area contributed by atoms with Gasteiger partial charge in [0.1, 0.15) is 6.61 Å². The molecule has 0 fully saturated rings. The molecule has 0 aliphatic heterocycles. The first-order chi connectivity index (χ1) is 14.7. The largest absolute Gasteiger partial charge is 0.386 e. The van der Waals surface area contributed by atoms with Gasteiger partial charge in [-0.15, -0.1) is 0 Å². The summed E-state index contributed by atoms with van der Waals surface area (Å²) in [5.74, 6) is -3.26. The number of carbonyl (C=O) groups is 3. The topological polar surface area (TPSA) is 119 Å². The summed E-state index contributed by atoms with van der Waals surface area (Å²) in [6.07, 6.45) is 4.25. The summed E-state index contributed by atoms with van der Waals surface area (Å²) in [7, 11) is 0. The second-order valence-corrected chi connectivity index (χ2v) is 8.40. The molecule has 0 aliphatic rings. The number of amides is 3. The molecule has 172 valence electrons. The monoisotopic (exact) mass is 433 g/mol. The molecule has 0 saturated heterocycles. The van der Waals surface area contributed by atoms with Gasteiger partial charge in [-0.1, -0.05) is 70.2 Å². The van der Waals surface area contributed by atoms with E-state index in [1.165, 1.54) is 0 Å². The number of aliphatic hydroxyl groups excluding tert-OH is 1. The van der Waals surface area contributed by atoms with Crippen molar-refractivity contribution in [3.63, 3.8) is 0 Å². The van der Waals surface area contributed by atoms with Gasteiger partial charge < -0.3 is 5.11 Å². The Morgan fingerprint density at radius 2 is 1.65 bits per heavy atom. The van der Waals surface area contributed by atoms with Gasteiger partial charge in [0.25, 0.3) is 5.91 Å². The summed E-state index contributed by atoms with van der Waals surface area (Å²) in [5.41, 5.74) is 5.19. The zero-order chi connectivity index (χ0) is 23.4. The van der Waals surface area contributed by atoms with Gasteiger partial charge in [-0.25, -0.2) is 5.48 Å². The molecule has 31 heavy (non-hydrogen) atoms. The standard InChI is InChI=1S/C23H35N3O5/c1-16(2)13-20(22(29)24-26(14-17(3)4)21(28)15-27)19(23(30)25-31)12-8-11-18-9-6-5-7-10-18/h5-11,16-17,19-20,27,31H,12-15H2,1-4H3,(H,24,29)(H,25,30)/b11-8+/t19-,20+/m0/s1. The lowest BCUT2D eigenvalue weighted by atomic mass is 9.82. The van der Waals surface area contributed by atoms with Crippen LogP contribution in [0.1, 0.15) is 46.1 Å². The van der Waals surface area contributed by atoms with E-state index in [9.17, 15) is 24.7 Å². The minimum absolute atomic E-state index is 0.0599. The Kier molecular flexibility index (Phi) is 11.5. The van der Waals surface area contributed by atoms with Gasteiger partial charge in [-0.3, -0.25) is 30.0 Å². The van der Waals surface area contributed by atoms with Crippen molar-refractivity contribution < 1.29 is 24.7 Å². The quantitative estimate of drug-likeness (QED) is 0.316. The number of nitrogens with one attached hydrogen (secondary N) is 2. The Hall–Kier alpha value is -2.71. The predicted octanol–water partition coefficient (Wildman–Crippen LogP) is 2.38. The lowest BCUT2D eigenvalue weighted by Crippen LogP contribution is -2.53. The molecule has 0 unspecified atom stereocenters. The first-order valence-corrected chi connectivity index (χ1v) is 10.6. The number of hydrazine groups is 1. The maximum Gasteiger partial charge on any atom is 0.266 e. The number of aliphatic hydroxyl groups is 1. The first-order valence-electron chi connectivity index (χ1n) is 10.6. The molecule has 1 aromatic rings. The van der Waals surface area contributed by atoms with Gasteiger partial charge in [0.15, 0.2) is 0 Å². The smallest absolute Gasteiger partial charge is 0.266 e. The fourth-order valence-electron chi connectivity index (χ4n) is 3.29. The summed E-state index contributed by atoms with van der Waals surface area (Å²) < 4.78 is 0. The Balaban J connectivity index is 3.09. The van der Waals surface area contributed by atoms with E-state index in [1.54, 1.807) is 11.6 Å². The first kappa shape index (κ1) is 26.3. The fraction of sp³-hybridized carbons (Fsp3) is 0.522. The third-order valence-electron chi connectivity index (χ3n) is 4.72. The lowest BCUT2D eigenvalue weighted by Gasteiger charge is -2.30. The highest BCUT2D eigenvalue weighted by atomic mass is 16.5. The number of benzene rings is 1. The number of hydroxylamine groups is 1. The van der Waals surface area contributed by atoms with Crippen LogP contribution in [0.3, 0.4) is 0 Å². The number of hydrogen-bond donors (Lipinski definition) is 4. The van der Waals surface area contributed by atoms with E-state index in [0.29, 0.717) is 6.42 Å². The minimum atomic E-state index is -0.836. The summed E-state index contributed by atoms with van der Waals surface area (Å²) in [6.45, 7) is 7.11. The molecule has 0 heterocycles. The second kappa shape index (κ2) is 13.6. The summed E-state index contributed by atoms with van der Waals surface area (Å²) in [4.78, 5) is 37.6. The van der Waals surface area contributed by atoms with Gasteiger partial charge >= 0.3 is 0 Å². The molecule has 0 bridgehead atoms. The molecule has 3 amide bonds. The maximum absolute atomic E-state index is 13.1. The predicted molar refractivity (Wildman–Crippen MR) is 118 cm³/mol. The van der Waals surface area contributed by atoms with E-state index in [2.05, 4.69) is 5.43 Å². The molecule has 0 spiro atoms. The highest BCUT2D eigenvalue weighted by molar-refractivity contribution is 5.89. The van der Waals surface area contributed by atoms with Crippen molar-refractivity contribution in [1.82, 2.24) is 15.9 Å². The van der Waals surface area contributed by atoms with Crippen LogP contribution in [0.25, 0.3) is 6.08 Å². The van der Waals surface area contributed by atoms with Gasteiger partial charge in [0.05, 0.1) is 11.8 Å². The summed E-state index contributed by atoms with van der Waals surface area (Å²) in [6, 6.07) is 9.53. The number of nitrogens with zero attached hydrogens (tertiary/aromatic N) is 1. The minimum Gasteiger partial charge on any atom is -0.386 e. The molecule has 0 aromatic heterocycles. The van der Waals surface area contributed by atoms with Gasteiger partial charge in [-0.05, 0) is 30.2 Å². The molecular formula is C23H35N3O5. The Morgan fingerprint density at radius 3 is 2.16 bits per heavy atom. The highest BCUT2D eigenvalue weighted by Crippen LogP contribution is 2.25. The average molecular weight is 434 g/mol. The second-order valence-electron chi connectivity index (χ2n) is 8.40. The third kappa shape index (κ3) is 9.31. The van der Waals surface area contributed by atoms with Crippen LogP contribution in [-0.2, 0) is 14.4 Å². The SMILES string of the molecule is CC(C)C[C@@H](C(=O)NN(CC(C)C)C(=O)CO)[C@H](C/C=C/c1ccccc1)C(=O)NO. The molecular weight excluding hydrogens is 398 g/mol. The van der Waals surface area contributed by atoms with Crippen LogP contribution in [-0.4, -0.2) is 46.2 Å². The van der Waals surface area contributed by atoms with Crippen molar-refractivity contribution in [2.24, 2.45) is 23.7 Å². The van der Waals surface area contributed by atoms with Gasteiger partial charge in [-0.2, -0.15) is 0 Å². The Morgan fingerprint density at radius 1 is 1.00 bits per heavy atom. The van der Waals surface area contributed by atoms with E-state index in [-0.39, 0.29) is 24.8 Å². The molecule has 0 aliphatic carbocycles. The number of carbonyl (C=O) groups excluding carboxylic acids is 3. The van der Waals surface area contributed by atoms with Crippen molar-refractivity contribution in [3.05, 3.63) is 42.0 Å². The van der Waals surface area contributed by atoms with Crippen LogP contribution in [0, 0.1) is 23.7 Å². The van der Waals surface area contributed by atoms with Crippen LogP contribution in [0.5, 0.6) is 0 Å². The van der Waals surface area contributed by atoms with Crippen LogP contribution in [0.15, 0.2) is 36.4 Å². The molecule has 0 saturated carbocycles. The van der Waals surface area contributed by atoms with Crippen molar-refractivity contribution >= 4 is 23.8 Å². The Bertz CT molecular complexity index is 734. The zero-order valence-corrected chi connectivity index (χ0v) is 18.7. The number of hydrogen-bond acceptors (Lipinski definition) is 5. The van der Waals surface area contributed by atoms with E-state index < -0.39 is 36.2 Å². The van der Waals surface area contributed by atoms with Crippen LogP contribution >= 0.6 is 0 Å². The molecule has 8 nitrogen and oxygen atoms in total. The molecule has 2 atom stereocenters. The summed E-state index contributed by atoms with van der Waals surface area (Å²) >= 11 is 0. The van der Waals surface area contributed by atoms with Crippen LogP contribution in [0.2, 0.25) is 0 Å². The van der Waals surface area contributed by atoms with E-state index in [0.717, 1.165) is 10.6 Å². The Labute approximate surface area is 184 Å². The molecule has 0 radical (unpaired) electrons.